The van der Waals surface area contributed by atoms with E-state index in [-0.39, 0.29) is 5.60 Å². The van der Waals surface area contributed by atoms with Crippen molar-refractivity contribution in [3.8, 4) is 0 Å². The third kappa shape index (κ3) is 1.38. The maximum atomic E-state index is 5.85. The molecule has 3 atom stereocenters. The molecule has 2 bridgehead atoms. The predicted octanol–water partition coefficient (Wildman–Crippen LogP) is 2.34. The van der Waals surface area contributed by atoms with Crippen molar-refractivity contribution in [3.63, 3.8) is 0 Å². The molecule has 0 aliphatic heterocycles. The van der Waals surface area contributed by atoms with Crippen molar-refractivity contribution in [3.05, 3.63) is 11.6 Å². The topological polar surface area (TPSA) is 35.2 Å². The molecule has 3 rings (SSSR count). The first-order chi connectivity index (χ1) is 6.95. The van der Waals surface area contributed by atoms with Crippen LogP contribution in [0.25, 0.3) is 0 Å². The standard InChI is InChI=1S/C13H23NO/c1-12(2)9-5-6-10(11(12)7-9)13(3,8-14)15-4/h6,9,11H,5,7-8,14H2,1-4H3. The van der Waals surface area contributed by atoms with Gasteiger partial charge in [-0.3, -0.25) is 0 Å². The summed E-state index contributed by atoms with van der Waals surface area (Å²) in [5.41, 5.74) is 7.51. The second-order valence-electron chi connectivity index (χ2n) is 5.84. The number of fused-ring (bicyclic) bond motifs is 1. The van der Waals surface area contributed by atoms with Gasteiger partial charge in [0.2, 0.25) is 0 Å². The molecule has 86 valence electrons. The van der Waals surface area contributed by atoms with E-state index >= 15 is 0 Å². The second kappa shape index (κ2) is 3.33. The van der Waals surface area contributed by atoms with Gasteiger partial charge in [0, 0.05) is 13.7 Å². The molecule has 2 N–H and O–H groups in total. The Labute approximate surface area is 92.9 Å². The fourth-order valence-electron chi connectivity index (χ4n) is 3.26. The first-order valence-electron chi connectivity index (χ1n) is 5.91. The average molecular weight is 209 g/mol. The summed E-state index contributed by atoms with van der Waals surface area (Å²) in [5.74, 6) is 1.56. The van der Waals surface area contributed by atoms with Crippen LogP contribution in [0.3, 0.4) is 0 Å². The lowest BCUT2D eigenvalue weighted by molar-refractivity contribution is -0.0493. The number of allylic oxidation sites excluding steroid dienone is 1. The minimum Gasteiger partial charge on any atom is -0.373 e. The van der Waals surface area contributed by atoms with E-state index in [9.17, 15) is 0 Å². The third-order valence-corrected chi connectivity index (χ3v) is 4.92. The van der Waals surface area contributed by atoms with Gasteiger partial charge in [-0.1, -0.05) is 19.9 Å². The first kappa shape index (κ1) is 11.2. The molecule has 2 heteroatoms. The van der Waals surface area contributed by atoms with Crippen LogP contribution in [-0.2, 0) is 4.74 Å². The van der Waals surface area contributed by atoms with E-state index in [2.05, 4.69) is 26.8 Å². The minimum absolute atomic E-state index is 0.243. The summed E-state index contributed by atoms with van der Waals surface area (Å²) in [6, 6.07) is 0. The van der Waals surface area contributed by atoms with Gasteiger partial charge >= 0.3 is 0 Å². The fraction of sp³-hybridized carbons (Fsp3) is 0.846. The molecule has 0 amide bonds. The van der Waals surface area contributed by atoms with E-state index in [0.717, 1.165) is 5.92 Å². The Bertz CT molecular complexity index is 289. The fourth-order valence-corrected chi connectivity index (χ4v) is 3.26. The molecular weight excluding hydrogens is 186 g/mol. The smallest absolute Gasteiger partial charge is 0.0984 e. The van der Waals surface area contributed by atoms with Crippen molar-refractivity contribution in [1.82, 2.24) is 0 Å². The summed E-state index contributed by atoms with van der Waals surface area (Å²) in [6.45, 7) is 7.46. The number of ether oxygens (including phenoxy) is 1. The monoisotopic (exact) mass is 209 g/mol. The molecule has 3 aliphatic carbocycles. The highest BCUT2D eigenvalue weighted by Gasteiger charge is 2.54. The molecule has 0 spiro atoms. The van der Waals surface area contributed by atoms with Crippen LogP contribution in [0.1, 0.15) is 33.6 Å². The average Bonchev–Trinajstić information content (AvgIpc) is 2.27. The Morgan fingerprint density at radius 3 is 2.67 bits per heavy atom. The zero-order valence-electron chi connectivity index (χ0n) is 10.3. The highest BCUT2D eigenvalue weighted by Crippen LogP contribution is 2.61. The second-order valence-corrected chi connectivity index (χ2v) is 5.84. The van der Waals surface area contributed by atoms with Crippen LogP contribution in [-0.4, -0.2) is 19.3 Å². The number of nitrogens with two attached hydrogens (primary N) is 1. The van der Waals surface area contributed by atoms with Gasteiger partial charge in [0.05, 0.1) is 5.60 Å². The first-order valence-corrected chi connectivity index (χ1v) is 5.91. The van der Waals surface area contributed by atoms with E-state index in [0.29, 0.717) is 17.9 Å². The molecular formula is C13H23NO. The van der Waals surface area contributed by atoms with Gasteiger partial charge in [0.25, 0.3) is 0 Å². The largest absolute Gasteiger partial charge is 0.373 e. The van der Waals surface area contributed by atoms with Gasteiger partial charge in [0.1, 0.15) is 0 Å². The van der Waals surface area contributed by atoms with E-state index < -0.39 is 0 Å². The summed E-state index contributed by atoms with van der Waals surface area (Å²) < 4.78 is 5.62. The molecule has 15 heavy (non-hydrogen) atoms. The normalized spacial score (nSPS) is 36.5. The minimum atomic E-state index is -0.243. The zero-order valence-corrected chi connectivity index (χ0v) is 10.3. The maximum Gasteiger partial charge on any atom is 0.0984 e. The van der Waals surface area contributed by atoms with Gasteiger partial charge in [0.15, 0.2) is 0 Å². The van der Waals surface area contributed by atoms with Crippen molar-refractivity contribution in [2.24, 2.45) is 23.0 Å². The summed E-state index contributed by atoms with van der Waals surface area (Å²) in [6.07, 6.45) is 4.91. The molecule has 0 heterocycles. The van der Waals surface area contributed by atoms with Crippen LogP contribution in [0.2, 0.25) is 0 Å². The number of rotatable bonds is 3. The molecule has 2 nitrogen and oxygen atoms in total. The van der Waals surface area contributed by atoms with E-state index in [1.807, 2.05) is 0 Å². The highest BCUT2D eigenvalue weighted by atomic mass is 16.5. The third-order valence-electron chi connectivity index (χ3n) is 4.92. The molecule has 1 saturated carbocycles. The van der Waals surface area contributed by atoms with Crippen molar-refractivity contribution < 1.29 is 4.74 Å². The van der Waals surface area contributed by atoms with Gasteiger partial charge in [-0.15, -0.1) is 0 Å². The van der Waals surface area contributed by atoms with Crippen molar-refractivity contribution in [2.45, 2.75) is 39.2 Å². The van der Waals surface area contributed by atoms with Crippen LogP contribution in [0.15, 0.2) is 11.6 Å². The summed E-state index contributed by atoms with van der Waals surface area (Å²) in [5, 5.41) is 0. The molecule has 0 aromatic rings. The maximum absolute atomic E-state index is 5.85. The number of hydrogen-bond donors (Lipinski definition) is 1. The quantitative estimate of drug-likeness (QED) is 0.724. The van der Waals surface area contributed by atoms with Gasteiger partial charge in [-0.05, 0) is 42.6 Å². The molecule has 3 aliphatic rings. The summed E-state index contributed by atoms with van der Waals surface area (Å²) in [7, 11) is 1.77. The predicted molar refractivity (Wildman–Crippen MR) is 62.5 cm³/mol. The van der Waals surface area contributed by atoms with Crippen molar-refractivity contribution >= 4 is 0 Å². The van der Waals surface area contributed by atoms with Crippen molar-refractivity contribution in [2.75, 3.05) is 13.7 Å². The van der Waals surface area contributed by atoms with E-state index in [4.69, 9.17) is 10.5 Å². The molecule has 3 unspecified atom stereocenters. The Hall–Kier alpha value is -0.340. The lowest BCUT2D eigenvalue weighted by Crippen LogP contribution is -2.54. The van der Waals surface area contributed by atoms with Crippen molar-refractivity contribution in [1.29, 1.82) is 0 Å². The Kier molecular flexibility index (Phi) is 2.47. The van der Waals surface area contributed by atoms with Crippen LogP contribution < -0.4 is 5.73 Å². The van der Waals surface area contributed by atoms with Crippen LogP contribution in [0.4, 0.5) is 0 Å². The van der Waals surface area contributed by atoms with E-state index in [1.165, 1.54) is 18.4 Å². The number of methoxy groups -OCH3 is 1. The Morgan fingerprint density at radius 1 is 1.60 bits per heavy atom. The van der Waals surface area contributed by atoms with Crippen LogP contribution >= 0.6 is 0 Å². The lowest BCUT2D eigenvalue weighted by Gasteiger charge is -2.59. The molecule has 0 aromatic carbocycles. The van der Waals surface area contributed by atoms with Crippen LogP contribution in [0, 0.1) is 17.3 Å². The summed E-state index contributed by atoms with van der Waals surface area (Å²) >= 11 is 0. The molecule has 0 aromatic heterocycles. The van der Waals surface area contributed by atoms with Gasteiger partial charge < -0.3 is 10.5 Å². The Morgan fingerprint density at radius 2 is 2.27 bits per heavy atom. The molecule has 1 fully saturated rings. The zero-order chi connectivity index (χ0) is 11.3. The lowest BCUT2D eigenvalue weighted by atomic mass is 9.47. The molecule has 0 saturated heterocycles. The highest BCUT2D eigenvalue weighted by molar-refractivity contribution is 5.30. The number of hydrogen-bond acceptors (Lipinski definition) is 2. The molecule has 0 radical (unpaired) electrons. The van der Waals surface area contributed by atoms with Gasteiger partial charge in [-0.25, -0.2) is 0 Å². The summed E-state index contributed by atoms with van der Waals surface area (Å²) in [4.78, 5) is 0. The SMILES string of the molecule is COC(C)(CN)C1=CCC2CC1C2(C)C. The van der Waals surface area contributed by atoms with Gasteiger partial charge in [-0.2, -0.15) is 0 Å². The van der Waals surface area contributed by atoms with E-state index in [1.54, 1.807) is 7.11 Å². The Balaban J connectivity index is 2.28. The van der Waals surface area contributed by atoms with Crippen LogP contribution in [0.5, 0.6) is 0 Å².